The lowest BCUT2D eigenvalue weighted by Gasteiger charge is -2.46. The van der Waals surface area contributed by atoms with E-state index in [1.54, 1.807) is 6.92 Å². The maximum Gasteiger partial charge on any atom is 0.348 e. The van der Waals surface area contributed by atoms with Crippen LogP contribution in [0.5, 0.6) is 0 Å². The summed E-state index contributed by atoms with van der Waals surface area (Å²) in [5.41, 5.74) is -2.21. The van der Waals surface area contributed by atoms with Gasteiger partial charge in [0.1, 0.15) is 33.4 Å². The van der Waals surface area contributed by atoms with Crippen molar-refractivity contribution in [2.75, 3.05) is 0 Å². The van der Waals surface area contributed by atoms with E-state index in [2.05, 4.69) is 0 Å². The van der Waals surface area contributed by atoms with Crippen molar-refractivity contribution in [1.82, 2.24) is 0 Å². The second-order valence-corrected chi connectivity index (χ2v) is 20.1. The zero-order valence-corrected chi connectivity index (χ0v) is 44.5. The van der Waals surface area contributed by atoms with Gasteiger partial charge in [0.15, 0.2) is 0 Å². The summed E-state index contributed by atoms with van der Waals surface area (Å²) >= 11 is 0. The van der Waals surface area contributed by atoms with Crippen LogP contribution in [-0.2, 0) is 100.0 Å². The van der Waals surface area contributed by atoms with Crippen molar-refractivity contribution in [3.8, 4) is 0 Å². The average molecular weight is 1130 g/mol. The Balaban J connectivity index is 0.783. The normalized spacial score (nSPS) is 31.0. The van der Waals surface area contributed by atoms with Crippen LogP contribution in [0.3, 0.4) is 0 Å². The highest BCUT2D eigenvalue weighted by Crippen LogP contribution is 2.48. The largest absolute Gasteiger partial charge is 0.480 e. The molecule has 2 saturated carbocycles. The van der Waals surface area contributed by atoms with Crippen molar-refractivity contribution in [3.05, 3.63) is 142 Å². The summed E-state index contributed by atoms with van der Waals surface area (Å²) in [6.45, 7) is 6.96. The lowest BCUT2D eigenvalue weighted by molar-refractivity contribution is -0.297. The van der Waals surface area contributed by atoms with Gasteiger partial charge in [0.2, 0.25) is 0 Å². The summed E-state index contributed by atoms with van der Waals surface area (Å²) < 4.78 is 66.0. The summed E-state index contributed by atoms with van der Waals surface area (Å²) in [6.07, 6.45) is 21.3. The molecule has 0 aromatic carbocycles. The molecule has 8 aliphatic rings. The Morgan fingerprint density at radius 1 is 0.333 bits per heavy atom. The minimum absolute atomic E-state index is 0.159. The summed E-state index contributed by atoms with van der Waals surface area (Å²) in [6, 6.07) is 0. The first-order chi connectivity index (χ1) is 38.5. The highest BCUT2D eigenvalue weighted by atomic mass is 16.8. The quantitative estimate of drug-likeness (QED) is 0.0480. The van der Waals surface area contributed by atoms with Crippen molar-refractivity contribution in [3.63, 3.8) is 0 Å². The fraction of sp³-hybridized carbons (Fsp3) is 0.421. The molecule has 2 aliphatic carbocycles. The number of esters is 9. The van der Waals surface area contributed by atoms with Gasteiger partial charge >= 0.3 is 53.7 Å². The van der Waals surface area contributed by atoms with Crippen LogP contribution in [0, 0.1) is 0 Å². The van der Waals surface area contributed by atoms with Gasteiger partial charge in [-0.15, -0.1) is 0 Å². The van der Waals surface area contributed by atoms with E-state index >= 15 is 0 Å². The van der Waals surface area contributed by atoms with Crippen molar-refractivity contribution in [1.29, 1.82) is 0 Å². The number of aliphatic hydroxyl groups is 3. The molecule has 0 bridgehead atoms. The second kappa shape index (κ2) is 23.3. The van der Waals surface area contributed by atoms with Gasteiger partial charge in [-0.05, 0) is 49.3 Å². The number of aliphatic hydroxyl groups excluding tert-OH is 3. The minimum Gasteiger partial charge on any atom is -0.480 e. The third kappa shape index (κ3) is 13.0. The predicted octanol–water partition coefficient (Wildman–Crippen LogP) is 7.18. The Hall–Kier alpha value is -9.09. The van der Waals surface area contributed by atoms with Gasteiger partial charge in [-0.3, -0.25) is 0 Å². The van der Waals surface area contributed by atoms with Gasteiger partial charge in [0.05, 0.1) is 0 Å². The lowest BCUT2D eigenvalue weighted by Crippen LogP contribution is -2.54. The van der Waals surface area contributed by atoms with Crippen molar-refractivity contribution < 1.29 is 115 Å². The van der Waals surface area contributed by atoms with Crippen LogP contribution in [0.2, 0.25) is 0 Å². The molecule has 6 aliphatic heterocycles. The van der Waals surface area contributed by atoms with E-state index in [4.69, 9.17) is 56.8 Å². The number of cyclic esters (lactones) is 3. The smallest absolute Gasteiger partial charge is 0.348 e. The maximum atomic E-state index is 13.1. The molecule has 6 heterocycles. The molecule has 24 heteroatoms. The molecular formula is C57H58O24. The molecule has 0 aromatic heterocycles. The summed E-state index contributed by atoms with van der Waals surface area (Å²) in [5, 5.41) is 31.8. The first-order valence-electron chi connectivity index (χ1n) is 26.1. The van der Waals surface area contributed by atoms with E-state index in [1.165, 1.54) is 79.8 Å². The third-order valence-electron chi connectivity index (χ3n) is 13.9. The Kier molecular flexibility index (Phi) is 16.7. The Morgan fingerprint density at radius 2 is 0.580 bits per heavy atom. The number of unbranched alkanes of at least 4 members (excludes halogenated alkanes) is 2. The molecule has 5 fully saturated rings. The Morgan fingerprint density at radius 3 is 0.877 bits per heavy atom. The monoisotopic (exact) mass is 1130 g/mol. The standard InChI is InChI=1S/C57H58O24/c1-5-7-24-52(3)70-40(58)34(41(59)71-52)18-12-9-14-20-36-44(62)74-54(75-45(36)63)26-30-56(31-27-54)78-48(66)38(49(67)79-56)22-16-11-17-23-39-50(68)80-57(81-51(39)69)32-28-55(29-33-57)76-46(64)37(47(65)77-55)21-15-10-13-19-35-42(60)72-53(4,25-8-6-2)73-43(35)61/h9-23,58,64,66H,5-8,24-33H2,1-4H3/b13-10?,14-9+,17-11+,18-12+,21-15?,22-16+,35-19?,36-20?,39-23?. The van der Waals surface area contributed by atoms with Crippen LogP contribution < -0.4 is 0 Å². The van der Waals surface area contributed by atoms with Gasteiger partial charge in [-0.2, -0.15) is 0 Å². The molecule has 4 spiro atoms. The molecule has 0 aromatic rings. The highest BCUT2D eigenvalue weighted by Gasteiger charge is 2.58. The zero-order chi connectivity index (χ0) is 58.4. The van der Waals surface area contributed by atoms with Crippen LogP contribution in [-0.4, -0.2) is 104 Å². The van der Waals surface area contributed by atoms with E-state index in [1.807, 2.05) is 13.8 Å². The molecular weight excluding hydrogens is 1070 g/mol. The number of carbonyl (C=O) groups excluding carboxylic acids is 9. The van der Waals surface area contributed by atoms with E-state index < -0.39 is 117 Å². The molecule has 8 rings (SSSR count). The number of rotatable bonds is 15. The molecule has 430 valence electrons. The average Bonchev–Trinajstić information content (AvgIpc) is 3.38. The molecule has 0 radical (unpaired) electrons. The van der Waals surface area contributed by atoms with Crippen LogP contribution in [0.4, 0.5) is 0 Å². The van der Waals surface area contributed by atoms with Crippen molar-refractivity contribution in [2.45, 2.75) is 152 Å². The topological polar surface area (TPSA) is 325 Å². The number of carbonyl (C=O) groups is 9. The fourth-order valence-corrected chi connectivity index (χ4v) is 9.42. The number of allylic oxidation sites excluding steroid dienone is 12. The highest BCUT2D eigenvalue weighted by molar-refractivity contribution is 6.17. The van der Waals surface area contributed by atoms with Gasteiger partial charge in [-0.25, -0.2) is 43.2 Å². The molecule has 0 amide bonds. The molecule has 24 nitrogen and oxygen atoms in total. The summed E-state index contributed by atoms with van der Waals surface area (Å²) in [4.78, 5) is 116. The first kappa shape index (κ1) is 58.1. The van der Waals surface area contributed by atoms with Crippen molar-refractivity contribution >= 4 is 53.7 Å². The van der Waals surface area contributed by atoms with Gasteiger partial charge < -0.3 is 72.2 Å². The van der Waals surface area contributed by atoms with Crippen LogP contribution in [0.1, 0.15) is 118 Å². The van der Waals surface area contributed by atoms with Gasteiger partial charge in [0.25, 0.3) is 52.6 Å². The van der Waals surface area contributed by atoms with Gasteiger partial charge in [-0.1, -0.05) is 81.4 Å². The van der Waals surface area contributed by atoms with Gasteiger partial charge in [0, 0.05) is 78.1 Å². The lowest BCUT2D eigenvalue weighted by atomic mass is 9.87. The molecule has 1 atom stereocenters. The minimum atomic E-state index is -1.73. The van der Waals surface area contributed by atoms with Crippen LogP contribution in [0.25, 0.3) is 0 Å². The SMILES string of the molecule is CCCCC1(C)OC(=O)C(=CC=CC=CC2=C(O)OC3(CCC4(CC3)OC(=O)C(=C/C=C/C=C/C3=C(O)OC5(CCC6(CC5)OC(=O)C(=C/C=C/C=C/C5=C(O)OC(C)(CCCC)OC5=O)C(=O)O6)OC3=O)C(=O)O4)OC2=O)C(=O)O1. The number of hydrogen-bond donors (Lipinski definition) is 3. The molecule has 1 unspecified atom stereocenters. The van der Waals surface area contributed by atoms with Crippen LogP contribution in [0.15, 0.2) is 142 Å². The first-order valence-corrected chi connectivity index (χ1v) is 26.1. The Labute approximate surface area is 462 Å². The van der Waals surface area contributed by atoms with Crippen molar-refractivity contribution in [2.24, 2.45) is 0 Å². The zero-order valence-electron chi connectivity index (χ0n) is 44.5. The van der Waals surface area contributed by atoms with Crippen LogP contribution >= 0.6 is 0 Å². The Bertz CT molecular complexity index is 2990. The third-order valence-corrected chi connectivity index (χ3v) is 13.9. The summed E-state index contributed by atoms with van der Waals surface area (Å²) in [7, 11) is 0. The fourth-order valence-electron chi connectivity index (χ4n) is 9.42. The predicted molar refractivity (Wildman–Crippen MR) is 270 cm³/mol. The van der Waals surface area contributed by atoms with E-state index in [0.29, 0.717) is 25.7 Å². The second-order valence-electron chi connectivity index (χ2n) is 20.1. The summed E-state index contributed by atoms with van der Waals surface area (Å²) in [5.74, 6) is -20.1. The molecule has 3 N–H and O–H groups in total. The molecule has 3 saturated heterocycles. The van der Waals surface area contributed by atoms with E-state index in [-0.39, 0.29) is 73.7 Å². The maximum absolute atomic E-state index is 13.1. The van der Waals surface area contributed by atoms with E-state index in [9.17, 15) is 58.5 Å². The number of hydrogen-bond acceptors (Lipinski definition) is 24. The van der Waals surface area contributed by atoms with E-state index in [0.717, 1.165) is 31.1 Å². The number of ether oxygens (including phenoxy) is 12. The molecule has 81 heavy (non-hydrogen) atoms.